The van der Waals surface area contributed by atoms with Crippen molar-refractivity contribution in [1.82, 2.24) is 10.3 Å². The van der Waals surface area contributed by atoms with Gasteiger partial charge in [-0.05, 0) is 18.6 Å². The van der Waals surface area contributed by atoms with E-state index < -0.39 is 0 Å². The van der Waals surface area contributed by atoms with Crippen LogP contribution in [-0.4, -0.2) is 36.7 Å². The lowest BCUT2D eigenvalue weighted by Crippen LogP contribution is -2.35. The number of hydrogen-bond acceptors (Lipinski definition) is 5. The Hall–Kier alpha value is -1.21. The Bertz CT molecular complexity index is 646. The number of benzene rings is 1. The fourth-order valence-electron chi connectivity index (χ4n) is 2.32. The SMILES string of the molecule is COC1CNC(C(=O)Nc2c(Cl)ccc3scnc23)C1. The molecule has 0 saturated carbocycles. The van der Waals surface area contributed by atoms with Crippen molar-refractivity contribution in [2.45, 2.75) is 18.6 Å². The second-order valence-corrected chi connectivity index (χ2v) is 5.96. The number of carbonyl (C=O) groups is 1. The van der Waals surface area contributed by atoms with Crippen molar-refractivity contribution in [1.29, 1.82) is 0 Å². The molecule has 20 heavy (non-hydrogen) atoms. The summed E-state index contributed by atoms with van der Waals surface area (Å²) < 4.78 is 6.24. The van der Waals surface area contributed by atoms with Crippen molar-refractivity contribution < 1.29 is 9.53 Å². The van der Waals surface area contributed by atoms with Crippen LogP contribution in [0, 0.1) is 0 Å². The molecule has 0 aliphatic carbocycles. The molecule has 0 bridgehead atoms. The molecule has 1 aliphatic rings. The van der Waals surface area contributed by atoms with E-state index in [0.717, 1.165) is 10.2 Å². The maximum atomic E-state index is 12.3. The molecule has 2 N–H and O–H groups in total. The van der Waals surface area contributed by atoms with Gasteiger partial charge in [0.15, 0.2) is 0 Å². The average molecular weight is 312 g/mol. The number of nitrogens with one attached hydrogen (secondary N) is 2. The van der Waals surface area contributed by atoms with Gasteiger partial charge in [0, 0.05) is 13.7 Å². The summed E-state index contributed by atoms with van der Waals surface area (Å²) in [7, 11) is 1.65. The highest BCUT2D eigenvalue weighted by molar-refractivity contribution is 7.16. The zero-order valence-electron chi connectivity index (χ0n) is 10.9. The summed E-state index contributed by atoms with van der Waals surface area (Å²) in [4.78, 5) is 16.5. The first-order chi connectivity index (χ1) is 9.69. The van der Waals surface area contributed by atoms with Gasteiger partial charge < -0.3 is 15.4 Å². The number of hydrogen-bond donors (Lipinski definition) is 2. The van der Waals surface area contributed by atoms with Crippen molar-refractivity contribution >= 4 is 44.7 Å². The number of methoxy groups -OCH3 is 1. The summed E-state index contributed by atoms with van der Waals surface area (Å²) in [5.74, 6) is -0.105. The highest BCUT2D eigenvalue weighted by Crippen LogP contribution is 2.32. The molecule has 2 aromatic rings. The van der Waals surface area contributed by atoms with E-state index in [-0.39, 0.29) is 18.1 Å². The first kappa shape index (κ1) is 13.8. The molecule has 0 spiro atoms. The highest BCUT2D eigenvalue weighted by Gasteiger charge is 2.30. The largest absolute Gasteiger partial charge is 0.380 e. The Morgan fingerprint density at radius 2 is 2.45 bits per heavy atom. The number of halogens is 1. The van der Waals surface area contributed by atoms with Crippen LogP contribution in [-0.2, 0) is 9.53 Å². The van der Waals surface area contributed by atoms with Gasteiger partial charge in [0.2, 0.25) is 5.91 Å². The molecule has 1 amide bonds. The number of thiazole rings is 1. The number of nitrogens with zero attached hydrogens (tertiary/aromatic N) is 1. The molecule has 1 aromatic carbocycles. The van der Waals surface area contributed by atoms with E-state index in [1.807, 2.05) is 6.07 Å². The van der Waals surface area contributed by atoms with Crippen molar-refractivity contribution in [2.75, 3.05) is 19.0 Å². The minimum Gasteiger partial charge on any atom is -0.380 e. The fourth-order valence-corrected chi connectivity index (χ4v) is 3.20. The summed E-state index contributed by atoms with van der Waals surface area (Å²) in [6.45, 7) is 0.684. The second kappa shape index (κ2) is 5.65. The van der Waals surface area contributed by atoms with Crippen LogP contribution in [0.25, 0.3) is 10.2 Å². The Balaban J connectivity index is 1.81. The molecular weight excluding hydrogens is 298 g/mol. The van der Waals surface area contributed by atoms with Gasteiger partial charge in [0.1, 0.15) is 5.52 Å². The van der Waals surface area contributed by atoms with E-state index in [9.17, 15) is 4.79 Å². The quantitative estimate of drug-likeness (QED) is 0.912. The molecule has 2 atom stereocenters. The first-order valence-corrected chi connectivity index (χ1v) is 7.53. The van der Waals surface area contributed by atoms with Gasteiger partial charge in [-0.2, -0.15) is 0 Å². The zero-order valence-corrected chi connectivity index (χ0v) is 12.4. The van der Waals surface area contributed by atoms with Crippen LogP contribution in [0.1, 0.15) is 6.42 Å². The van der Waals surface area contributed by atoms with E-state index in [1.54, 1.807) is 18.7 Å². The van der Waals surface area contributed by atoms with Crippen LogP contribution >= 0.6 is 22.9 Å². The van der Waals surface area contributed by atoms with Crippen LogP contribution in [0.4, 0.5) is 5.69 Å². The Kier molecular flexibility index (Phi) is 3.89. The smallest absolute Gasteiger partial charge is 0.241 e. The molecule has 0 radical (unpaired) electrons. The number of carbonyl (C=O) groups excluding carboxylic acids is 1. The number of aromatic nitrogens is 1. The molecule has 1 saturated heterocycles. The highest BCUT2D eigenvalue weighted by atomic mass is 35.5. The van der Waals surface area contributed by atoms with Crippen LogP contribution < -0.4 is 10.6 Å². The summed E-state index contributed by atoms with van der Waals surface area (Å²) in [5.41, 5.74) is 3.06. The molecule has 5 nitrogen and oxygen atoms in total. The third kappa shape index (κ3) is 2.52. The molecule has 1 aromatic heterocycles. The zero-order chi connectivity index (χ0) is 14.1. The van der Waals surface area contributed by atoms with Crippen LogP contribution in [0.3, 0.4) is 0 Å². The maximum absolute atomic E-state index is 12.3. The summed E-state index contributed by atoms with van der Waals surface area (Å²) in [5, 5.41) is 6.52. The van der Waals surface area contributed by atoms with Crippen LogP contribution in [0.2, 0.25) is 5.02 Å². The lowest BCUT2D eigenvalue weighted by molar-refractivity contribution is -0.117. The van der Waals surface area contributed by atoms with Crippen molar-refractivity contribution in [3.8, 4) is 0 Å². The number of rotatable bonds is 3. The van der Waals surface area contributed by atoms with Gasteiger partial charge in [-0.25, -0.2) is 4.98 Å². The van der Waals surface area contributed by atoms with Crippen molar-refractivity contribution in [2.24, 2.45) is 0 Å². The molecule has 1 fully saturated rings. The summed E-state index contributed by atoms with van der Waals surface area (Å²) in [6.07, 6.45) is 0.740. The van der Waals surface area contributed by atoms with E-state index >= 15 is 0 Å². The third-order valence-corrected chi connectivity index (χ3v) is 4.55. The van der Waals surface area contributed by atoms with Gasteiger partial charge >= 0.3 is 0 Å². The summed E-state index contributed by atoms with van der Waals surface area (Å²) in [6, 6.07) is 3.42. The second-order valence-electron chi connectivity index (χ2n) is 4.66. The fraction of sp³-hybridized carbons (Fsp3) is 0.385. The molecule has 2 unspecified atom stereocenters. The lowest BCUT2D eigenvalue weighted by Gasteiger charge is -2.12. The normalized spacial score (nSPS) is 22.3. The minimum absolute atomic E-state index is 0.0799. The molecule has 1 aliphatic heterocycles. The molecule has 106 valence electrons. The topological polar surface area (TPSA) is 63.2 Å². The Labute approximate surface area is 125 Å². The average Bonchev–Trinajstić information content (AvgIpc) is 3.09. The van der Waals surface area contributed by atoms with Gasteiger partial charge in [0.25, 0.3) is 0 Å². The van der Waals surface area contributed by atoms with Gasteiger partial charge in [-0.1, -0.05) is 11.6 Å². The van der Waals surface area contributed by atoms with E-state index in [1.165, 1.54) is 11.3 Å². The lowest BCUT2D eigenvalue weighted by atomic mass is 10.2. The first-order valence-electron chi connectivity index (χ1n) is 6.28. The Morgan fingerprint density at radius 1 is 1.60 bits per heavy atom. The van der Waals surface area contributed by atoms with Crippen LogP contribution in [0.15, 0.2) is 17.6 Å². The molecule has 3 rings (SSSR count). The summed E-state index contributed by atoms with van der Waals surface area (Å²) >= 11 is 7.69. The van der Waals surface area contributed by atoms with E-state index in [4.69, 9.17) is 16.3 Å². The van der Waals surface area contributed by atoms with E-state index in [2.05, 4.69) is 15.6 Å². The third-order valence-electron chi connectivity index (χ3n) is 3.44. The predicted molar refractivity (Wildman–Crippen MR) is 80.5 cm³/mol. The van der Waals surface area contributed by atoms with E-state index in [0.29, 0.717) is 23.7 Å². The monoisotopic (exact) mass is 311 g/mol. The van der Waals surface area contributed by atoms with Crippen molar-refractivity contribution in [3.05, 3.63) is 22.7 Å². The number of fused-ring (bicyclic) bond motifs is 1. The number of amides is 1. The number of anilines is 1. The maximum Gasteiger partial charge on any atom is 0.241 e. The molecule has 2 heterocycles. The standard InChI is InChI=1S/C13H14ClN3O2S/c1-19-7-4-9(15-5-7)13(18)17-11-8(14)2-3-10-12(11)16-6-20-10/h2-3,6-7,9,15H,4-5H2,1H3,(H,17,18). The molecular formula is C13H14ClN3O2S. The van der Waals surface area contributed by atoms with Crippen molar-refractivity contribution in [3.63, 3.8) is 0 Å². The van der Waals surface area contributed by atoms with Gasteiger partial charge in [0.05, 0.1) is 33.1 Å². The minimum atomic E-state index is -0.259. The predicted octanol–water partition coefficient (Wildman–Crippen LogP) is 2.27. The van der Waals surface area contributed by atoms with Gasteiger partial charge in [-0.3, -0.25) is 4.79 Å². The Morgan fingerprint density at radius 3 is 3.20 bits per heavy atom. The number of ether oxygens (including phenoxy) is 1. The molecule has 7 heteroatoms. The van der Waals surface area contributed by atoms with Crippen LogP contribution in [0.5, 0.6) is 0 Å². The van der Waals surface area contributed by atoms with Gasteiger partial charge in [-0.15, -0.1) is 11.3 Å².